The van der Waals surface area contributed by atoms with E-state index in [0.29, 0.717) is 33.8 Å². The summed E-state index contributed by atoms with van der Waals surface area (Å²) in [6.45, 7) is 1.79. The fourth-order valence-electron chi connectivity index (χ4n) is 4.39. The molecule has 1 fully saturated rings. The Balaban J connectivity index is 1.83. The molecular formula is C22H22FN5O. The zero-order valence-corrected chi connectivity index (χ0v) is 16.3. The molecule has 0 bridgehead atoms. The van der Waals surface area contributed by atoms with Crippen molar-refractivity contribution in [3.05, 3.63) is 58.5 Å². The minimum absolute atomic E-state index is 0.0729. The molecule has 3 aromatic heterocycles. The van der Waals surface area contributed by atoms with E-state index < -0.39 is 0 Å². The SMILES string of the molecule is Cc1nc2nc3ccn(C4CCCCCC4)c(=O)c3c(-c3ccc(F)cc3)n2n1. The number of hydrogen-bond donors (Lipinski definition) is 0. The fraction of sp³-hybridized carbons (Fsp3) is 0.364. The first-order chi connectivity index (χ1) is 14.1. The second kappa shape index (κ2) is 7.06. The van der Waals surface area contributed by atoms with Gasteiger partial charge in [0, 0.05) is 17.8 Å². The van der Waals surface area contributed by atoms with Crippen LogP contribution >= 0.6 is 0 Å². The maximum atomic E-state index is 13.6. The van der Waals surface area contributed by atoms with Crippen LogP contribution in [0, 0.1) is 12.7 Å². The van der Waals surface area contributed by atoms with Crippen LogP contribution < -0.4 is 5.56 Å². The monoisotopic (exact) mass is 391 g/mol. The van der Waals surface area contributed by atoms with Crippen LogP contribution in [0.25, 0.3) is 27.9 Å². The second-order valence-electron chi connectivity index (χ2n) is 7.77. The maximum absolute atomic E-state index is 13.6. The van der Waals surface area contributed by atoms with E-state index in [1.54, 1.807) is 23.6 Å². The third-order valence-corrected chi connectivity index (χ3v) is 5.80. The van der Waals surface area contributed by atoms with Crippen molar-refractivity contribution in [3.8, 4) is 11.3 Å². The molecule has 1 saturated carbocycles. The van der Waals surface area contributed by atoms with Crippen molar-refractivity contribution in [1.29, 1.82) is 0 Å². The van der Waals surface area contributed by atoms with Gasteiger partial charge in [0.2, 0.25) is 0 Å². The first kappa shape index (κ1) is 18.0. The van der Waals surface area contributed by atoms with Gasteiger partial charge >= 0.3 is 0 Å². The largest absolute Gasteiger partial charge is 0.312 e. The summed E-state index contributed by atoms with van der Waals surface area (Å²) in [7, 11) is 0. The molecule has 0 unspecified atom stereocenters. The average molecular weight is 391 g/mol. The first-order valence-corrected chi connectivity index (χ1v) is 10.2. The van der Waals surface area contributed by atoms with Gasteiger partial charge in [-0.05, 0) is 50.1 Å². The van der Waals surface area contributed by atoms with Gasteiger partial charge in [0.1, 0.15) is 11.6 Å². The van der Waals surface area contributed by atoms with Crippen molar-refractivity contribution in [2.24, 2.45) is 0 Å². The Morgan fingerprint density at radius 2 is 1.72 bits per heavy atom. The molecule has 6 nitrogen and oxygen atoms in total. The lowest BCUT2D eigenvalue weighted by atomic mass is 10.1. The van der Waals surface area contributed by atoms with Gasteiger partial charge in [-0.1, -0.05) is 25.7 Å². The number of benzene rings is 1. The number of fused-ring (bicyclic) bond motifs is 2. The van der Waals surface area contributed by atoms with E-state index in [0.717, 1.165) is 25.7 Å². The van der Waals surface area contributed by atoms with Crippen molar-refractivity contribution >= 4 is 16.7 Å². The number of nitrogens with zero attached hydrogens (tertiary/aromatic N) is 5. The van der Waals surface area contributed by atoms with Gasteiger partial charge in [-0.2, -0.15) is 9.50 Å². The number of rotatable bonds is 2. The minimum atomic E-state index is -0.325. The predicted octanol–water partition coefficient (Wildman–Crippen LogP) is 4.45. The second-order valence-corrected chi connectivity index (χ2v) is 7.77. The topological polar surface area (TPSA) is 65.1 Å². The zero-order valence-electron chi connectivity index (χ0n) is 16.3. The van der Waals surface area contributed by atoms with E-state index in [9.17, 15) is 9.18 Å². The lowest BCUT2D eigenvalue weighted by molar-refractivity contribution is 0.434. The number of aryl methyl sites for hydroxylation is 1. The molecule has 1 aliphatic carbocycles. The van der Waals surface area contributed by atoms with Crippen LogP contribution in [0.2, 0.25) is 0 Å². The highest BCUT2D eigenvalue weighted by atomic mass is 19.1. The predicted molar refractivity (Wildman–Crippen MR) is 109 cm³/mol. The number of aromatic nitrogens is 5. The molecule has 0 aliphatic heterocycles. The zero-order chi connectivity index (χ0) is 20.0. The molecule has 1 aromatic carbocycles. The van der Waals surface area contributed by atoms with Crippen molar-refractivity contribution < 1.29 is 4.39 Å². The first-order valence-electron chi connectivity index (χ1n) is 10.2. The third-order valence-electron chi connectivity index (χ3n) is 5.80. The summed E-state index contributed by atoms with van der Waals surface area (Å²) in [6.07, 6.45) is 8.60. The molecule has 0 saturated heterocycles. The molecule has 0 N–H and O–H groups in total. The van der Waals surface area contributed by atoms with Gasteiger partial charge in [-0.25, -0.2) is 9.37 Å². The molecular weight excluding hydrogens is 369 g/mol. The van der Waals surface area contributed by atoms with E-state index in [1.165, 1.54) is 25.0 Å². The summed E-state index contributed by atoms with van der Waals surface area (Å²) in [6, 6.07) is 8.21. The van der Waals surface area contributed by atoms with Crippen LogP contribution in [-0.4, -0.2) is 24.1 Å². The number of halogens is 1. The highest BCUT2D eigenvalue weighted by molar-refractivity contribution is 5.93. The minimum Gasteiger partial charge on any atom is -0.312 e. The van der Waals surface area contributed by atoms with Gasteiger partial charge in [0.25, 0.3) is 11.3 Å². The Kier molecular flexibility index (Phi) is 4.38. The molecule has 3 heterocycles. The summed E-state index contributed by atoms with van der Waals surface area (Å²) < 4.78 is 17.0. The molecule has 148 valence electrons. The van der Waals surface area contributed by atoms with E-state index in [1.807, 2.05) is 16.8 Å². The fourth-order valence-corrected chi connectivity index (χ4v) is 4.39. The molecule has 29 heavy (non-hydrogen) atoms. The normalized spacial score (nSPS) is 15.8. The van der Waals surface area contributed by atoms with Gasteiger partial charge in [-0.15, -0.1) is 5.10 Å². The summed E-state index contributed by atoms with van der Waals surface area (Å²) in [5.41, 5.74) is 1.83. The molecule has 0 amide bonds. The quantitative estimate of drug-likeness (QED) is 0.474. The van der Waals surface area contributed by atoms with Gasteiger partial charge in [0.15, 0.2) is 0 Å². The number of hydrogen-bond acceptors (Lipinski definition) is 4. The van der Waals surface area contributed by atoms with Crippen molar-refractivity contribution in [3.63, 3.8) is 0 Å². The molecule has 7 heteroatoms. The Morgan fingerprint density at radius 1 is 1.00 bits per heavy atom. The van der Waals surface area contributed by atoms with Crippen LogP contribution in [0.5, 0.6) is 0 Å². The van der Waals surface area contributed by atoms with Gasteiger partial charge in [-0.3, -0.25) is 4.79 Å². The highest BCUT2D eigenvalue weighted by Gasteiger charge is 2.21. The molecule has 0 atom stereocenters. The molecule has 1 aliphatic rings. The Bertz CT molecular complexity index is 1250. The van der Waals surface area contributed by atoms with E-state index in [4.69, 9.17) is 0 Å². The van der Waals surface area contributed by atoms with Crippen LogP contribution in [0.15, 0.2) is 41.3 Å². The molecule has 0 spiro atoms. The standard InChI is InChI=1S/C22H22FN5O/c1-14-24-22-25-18-12-13-27(17-6-4-2-3-5-7-17)21(29)19(18)20(28(22)26-14)15-8-10-16(23)11-9-15/h8-13,17H,2-7H2,1H3. The molecule has 0 radical (unpaired) electrons. The van der Waals surface area contributed by atoms with Gasteiger partial charge in [0.05, 0.1) is 16.6 Å². The average Bonchev–Trinajstić information content (AvgIpc) is 2.90. The summed E-state index contributed by atoms with van der Waals surface area (Å²) in [5.74, 6) is 0.676. The van der Waals surface area contributed by atoms with Crippen molar-refractivity contribution in [2.45, 2.75) is 51.5 Å². The smallest absolute Gasteiger partial charge is 0.262 e. The van der Waals surface area contributed by atoms with Crippen molar-refractivity contribution in [1.82, 2.24) is 24.1 Å². The Hall–Kier alpha value is -3.09. The number of pyridine rings is 1. The van der Waals surface area contributed by atoms with Crippen molar-refractivity contribution in [2.75, 3.05) is 0 Å². The summed E-state index contributed by atoms with van der Waals surface area (Å²) in [5, 5.41) is 4.96. The Morgan fingerprint density at radius 3 is 2.45 bits per heavy atom. The van der Waals surface area contributed by atoms with E-state index in [2.05, 4.69) is 15.1 Å². The van der Waals surface area contributed by atoms with Crippen LogP contribution in [0.1, 0.15) is 50.4 Å². The van der Waals surface area contributed by atoms with Crippen LogP contribution in [-0.2, 0) is 0 Å². The Labute approximate surface area is 167 Å². The highest BCUT2D eigenvalue weighted by Crippen LogP contribution is 2.29. The molecule has 4 aromatic rings. The third kappa shape index (κ3) is 3.10. The van der Waals surface area contributed by atoms with E-state index >= 15 is 0 Å². The van der Waals surface area contributed by atoms with Crippen LogP contribution in [0.4, 0.5) is 4.39 Å². The van der Waals surface area contributed by atoms with Gasteiger partial charge < -0.3 is 4.57 Å². The summed E-state index contributed by atoms with van der Waals surface area (Å²) in [4.78, 5) is 22.6. The lowest BCUT2D eigenvalue weighted by Crippen LogP contribution is -2.25. The summed E-state index contributed by atoms with van der Waals surface area (Å²) >= 11 is 0. The van der Waals surface area contributed by atoms with Crippen LogP contribution in [0.3, 0.4) is 0 Å². The maximum Gasteiger partial charge on any atom is 0.262 e. The molecule has 5 rings (SSSR count). The van der Waals surface area contributed by atoms with E-state index in [-0.39, 0.29) is 17.4 Å². The lowest BCUT2D eigenvalue weighted by Gasteiger charge is -2.19.